The van der Waals surface area contributed by atoms with Crippen LogP contribution in [0.3, 0.4) is 0 Å². The van der Waals surface area contributed by atoms with Crippen LogP contribution in [0.1, 0.15) is 12.5 Å². The average Bonchev–Trinajstić information content (AvgIpc) is 2.88. The van der Waals surface area contributed by atoms with Crippen molar-refractivity contribution in [2.24, 2.45) is 0 Å². The molecule has 0 heterocycles. The lowest BCUT2D eigenvalue weighted by Gasteiger charge is -2.31. The number of hydrogen-bond donors (Lipinski definition) is 1. The van der Waals surface area contributed by atoms with Gasteiger partial charge in [0.25, 0.3) is 10.0 Å². The van der Waals surface area contributed by atoms with E-state index >= 15 is 0 Å². The number of likely N-dealkylation sites (N-methyl/N-ethyl adjacent to an activating group) is 1. The van der Waals surface area contributed by atoms with E-state index in [9.17, 15) is 22.4 Å². The highest BCUT2D eigenvalue weighted by atomic mass is 35.5. The number of sulfonamides is 1. The Labute approximate surface area is 219 Å². The van der Waals surface area contributed by atoms with Crippen molar-refractivity contribution in [2.45, 2.75) is 24.4 Å². The van der Waals surface area contributed by atoms with Crippen LogP contribution in [0.2, 0.25) is 10.0 Å². The number of nitrogens with one attached hydrogen (secondary N) is 1. The molecule has 0 aliphatic rings. The van der Waals surface area contributed by atoms with Gasteiger partial charge in [-0.25, -0.2) is 12.8 Å². The Balaban J connectivity index is 2.04. The molecule has 7 nitrogen and oxygen atoms in total. The summed E-state index contributed by atoms with van der Waals surface area (Å²) in [6.07, 6.45) is 0. The lowest BCUT2D eigenvalue weighted by molar-refractivity contribution is -0.139. The molecule has 3 aromatic rings. The van der Waals surface area contributed by atoms with E-state index < -0.39 is 40.2 Å². The van der Waals surface area contributed by atoms with Crippen LogP contribution >= 0.6 is 23.2 Å². The molecule has 190 valence electrons. The highest BCUT2D eigenvalue weighted by Gasteiger charge is 2.32. The maximum atomic E-state index is 13.6. The molecular weight excluding hydrogens is 528 g/mol. The van der Waals surface area contributed by atoms with Crippen LogP contribution in [0, 0.1) is 5.82 Å². The van der Waals surface area contributed by atoms with Crippen LogP contribution in [0.25, 0.3) is 0 Å². The van der Waals surface area contributed by atoms with Crippen LogP contribution in [0.15, 0.2) is 77.7 Å². The quantitative estimate of drug-likeness (QED) is 0.424. The molecule has 0 radical (unpaired) electrons. The molecule has 0 bridgehead atoms. The molecule has 1 N–H and O–H groups in total. The number of hydrogen-bond acceptors (Lipinski definition) is 4. The van der Waals surface area contributed by atoms with Gasteiger partial charge in [0.05, 0.1) is 20.6 Å². The van der Waals surface area contributed by atoms with Gasteiger partial charge in [0, 0.05) is 13.6 Å². The molecule has 0 aliphatic heterocycles. The molecule has 0 aromatic heterocycles. The monoisotopic (exact) mass is 551 g/mol. The summed E-state index contributed by atoms with van der Waals surface area (Å²) in [6.45, 7) is 0.849. The van der Waals surface area contributed by atoms with Crippen LogP contribution < -0.4 is 9.62 Å². The van der Waals surface area contributed by atoms with Crippen molar-refractivity contribution in [3.8, 4) is 0 Å². The fourth-order valence-corrected chi connectivity index (χ4v) is 5.19. The van der Waals surface area contributed by atoms with Gasteiger partial charge in [0.15, 0.2) is 0 Å². The number of halogens is 3. The molecule has 3 aromatic carbocycles. The smallest absolute Gasteiger partial charge is 0.264 e. The molecule has 0 saturated heterocycles. The number of anilines is 1. The van der Waals surface area contributed by atoms with Gasteiger partial charge in [0.2, 0.25) is 11.8 Å². The van der Waals surface area contributed by atoms with E-state index in [1.165, 1.54) is 73.5 Å². The Morgan fingerprint density at radius 2 is 1.61 bits per heavy atom. The molecular formula is C25H24Cl2FN3O4S. The Bertz CT molecular complexity index is 1340. The Morgan fingerprint density at radius 3 is 2.19 bits per heavy atom. The van der Waals surface area contributed by atoms with Crippen molar-refractivity contribution >= 4 is 50.7 Å². The Hall–Kier alpha value is -3.14. The Kier molecular flexibility index (Phi) is 8.94. The van der Waals surface area contributed by atoms with Crippen molar-refractivity contribution < 1.29 is 22.4 Å². The number of carbonyl (C=O) groups is 2. The minimum atomic E-state index is -4.21. The van der Waals surface area contributed by atoms with Crippen LogP contribution in [-0.4, -0.2) is 44.8 Å². The third-order valence-corrected chi connectivity index (χ3v) is 8.01. The van der Waals surface area contributed by atoms with Gasteiger partial charge < -0.3 is 10.2 Å². The van der Waals surface area contributed by atoms with Crippen molar-refractivity contribution in [2.75, 3.05) is 17.9 Å². The van der Waals surface area contributed by atoms with Gasteiger partial charge in [-0.2, -0.15) is 0 Å². The summed E-state index contributed by atoms with van der Waals surface area (Å²) < 4.78 is 41.5. The standard InChI is InChI=1S/C25H24Cl2FN3O4S/c1-17(25(33)29-2)30(15-18-8-10-19(28)11-9-18)24(32)16-31(20-12-13-22(26)23(27)14-20)36(34,35)21-6-4-3-5-7-21/h3-14,17H,15-16H2,1-2H3,(H,29,33)/t17-/m1/s1. The zero-order chi connectivity index (χ0) is 26.5. The fourth-order valence-electron chi connectivity index (χ4n) is 3.47. The first-order valence-corrected chi connectivity index (χ1v) is 13.0. The fraction of sp³-hybridized carbons (Fsp3) is 0.200. The van der Waals surface area contributed by atoms with Crippen LogP contribution in [0.4, 0.5) is 10.1 Å². The summed E-state index contributed by atoms with van der Waals surface area (Å²) in [4.78, 5) is 27.2. The largest absolute Gasteiger partial charge is 0.357 e. The molecule has 0 saturated carbocycles. The van der Waals surface area contributed by atoms with E-state index in [0.29, 0.717) is 5.56 Å². The maximum absolute atomic E-state index is 13.6. The van der Waals surface area contributed by atoms with Crippen molar-refractivity contribution in [3.63, 3.8) is 0 Å². The predicted octanol–water partition coefficient (Wildman–Crippen LogP) is 4.49. The number of carbonyl (C=O) groups excluding carboxylic acids is 2. The van der Waals surface area contributed by atoms with E-state index in [0.717, 1.165) is 4.31 Å². The lowest BCUT2D eigenvalue weighted by atomic mass is 10.1. The molecule has 0 spiro atoms. The predicted molar refractivity (Wildman–Crippen MR) is 138 cm³/mol. The zero-order valence-corrected chi connectivity index (χ0v) is 21.8. The summed E-state index contributed by atoms with van der Waals surface area (Å²) in [5.74, 6) is -1.55. The van der Waals surface area contributed by atoms with E-state index in [4.69, 9.17) is 23.2 Å². The van der Waals surface area contributed by atoms with Gasteiger partial charge in [-0.05, 0) is 55.0 Å². The first kappa shape index (κ1) is 27.4. The minimum absolute atomic E-state index is 0.0340. The Morgan fingerprint density at radius 1 is 0.972 bits per heavy atom. The second-order valence-corrected chi connectivity index (χ2v) is 10.5. The summed E-state index contributed by atoms with van der Waals surface area (Å²) >= 11 is 12.2. The second-order valence-electron chi connectivity index (χ2n) is 7.86. The molecule has 36 heavy (non-hydrogen) atoms. The molecule has 0 unspecified atom stereocenters. The van der Waals surface area contributed by atoms with E-state index in [1.54, 1.807) is 18.2 Å². The van der Waals surface area contributed by atoms with Gasteiger partial charge in [-0.1, -0.05) is 53.5 Å². The lowest BCUT2D eigenvalue weighted by Crippen LogP contribution is -2.50. The SMILES string of the molecule is CNC(=O)[C@@H](C)N(Cc1ccc(F)cc1)C(=O)CN(c1ccc(Cl)c(Cl)c1)S(=O)(=O)c1ccccc1. The average molecular weight is 552 g/mol. The highest BCUT2D eigenvalue weighted by Crippen LogP contribution is 2.30. The number of nitrogens with zero attached hydrogens (tertiary/aromatic N) is 2. The van der Waals surface area contributed by atoms with Crippen LogP contribution in [-0.2, 0) is 26.2 Å². The van der Waals surface area contributed by atoms with Crippen molar-refractivity contribution in [3.05, 3.63) is 94.2 Å². The number of amides is 2. The molecule has 2 amide bonds. The molecule has 11 heteroatoms. The first-order valence-electron chi connectivity index (χ1n) is 10.8. The number of rotatable bonds is 9. The summed E-state index contributed by atoms with van der Waals surface area (Å²) in [5, 5.41) is 2.82. The normalized spacial score (nSPS) is 12.0. The van der Waals surface area contributed by atoms with Crippen molar-refractivity contribution in [1.29, 1.82) is 0 Å². The zero-order valence-electron chi connectivity index (χ0n) is 19.5. The van der Waals surface area contributed by atoms with Gasteiger partial charge in [-0.15, -0.1) is 0 Å². The molecule has 1 atom stereocenters. The van der Waals surface area contributed by atoms with Crippen molar-refractivity contribution in [1.82, 2.24) is 10.2 Å². The van der Waals surface area contributed by atoms with E-state index in [1.807, 2.05) is 0 Å². The van der Waals surface area contributed by atoms with E-state index in [-0.39, 0.29) is 27.2 Å². The van der Waals surface area contributed by atoms with Crippen LogP contribution in [0.5, 0.6) is 0 Å². The molecule has 3 rings (SSSR count). The minimum Gasteiger partial charge on any atom is -0.357 e. The third kappa shape index (κ3) is 6.34. The second kappa shape index (κ2) is 11.7. The summed E-state index contributed by atoms with van der Waals surface area (Å²) in [5.41, 5.74) is 0.684. The highest BCUT2D eigenvalue weighted by molar-refractivity contribution is 7.92. The topological polar surface area (TPSA) is 86.8 Å². The first-order chi connectivity index (χ1) is 17.0. The third-order valence-electron chi connectivity index (χ3n) is 5.48. The molecule has 0 fully saturated rings. The van der Waals surface area contributed by atoms with E-state index in [2.05, 4.69) is 5.32 Å². The van der Waals surface area contributed by atoms with Gasteiger partial charge >= 0.3 is 0 Å². The molecule has 0 aliphatic carbocycles. The number of benzene rings is 3. The summed E-state index contributed by atoms with van der Waals surface area (Å²) in [6, 6.07) is 16.4. The van der Waals surface area contributed by atoms with Gasteiger partial charge in [0.1, 0.15) is 18.4 Å². The van der Waals surface area contributed by atoms with Gasteiger partial charge in [-0.3, -0.25) is 13.9 Å². The maximum Gasteiger partial charge on any atom is 0.264 e. The summed E-state index contributed by atoms with van der Waals surface area (Å²) in [7, 11) is -2.78.